The van der Waals surface area contributed by atoms with Crippen LogP contribution < -0.4 is 4.90 Å². The molecule has 2 aliphatic rings. The van der Waals surface area contributed by atoms with E-state index >= 15 is 0 Å². The van der Waals surface area contributed by atoms with Gasteiger partial charge in [0.2, 0.25) is 0 Å². The molecule has 2 fully saturated rings. The van der Waals surface area contributed by atoms with Gasteiger partial charge in [-0.2, -0.15) is 0 Å². The van der Waals surface area contributed by atoms with E-state index < -0.39 is 0 Å². The Morgan fingerprint density at radius 2 is 2.04 bits per heavy atom. The van der Waals surface area contributed by atoms with Crippen LogP contribution in [0.1, 0.15) is 44.6 Å². The van der Waals surface area contributed by atoms with Gasteiger partial charge in [0.05, 0.1) is 11.6 Å². The van der Waals surface area contributed by atoms with E-state index in [1.807, 2.05) is 0 Å². The summed E-state index contributed by atoms with van der Waals surface area (Å²) in [5.41, 5.74) is 2.24. The van der Waals surface area contributed by atoms with Crippen molar-refractivity contribution in [3.63, 3.8) is 0 Å². The summed E-state index contributed by atoms with van der Waals surface area (Å²) in [5.74, 6) is 2.13. The maximum atomic E-state index is 10.6. The van der Waals surface area contributed by atoms with E-state index in [0.717, 1.165) is 48.9 Å². The van der Waals surface area contributed by atoms with Crippen molar-refractivity contribution < 1.29 is 5.11 Å². The second kappa shape index (κ2) is 6.32. The summed E-state index contributed by atoms with van der Waals surface area (Å²) in [6.45, 7) is 5.47. The highest BCUT2D eigenvalue weighted by molar-refractivity contribution is 5.90. The van der Waals surface area contributed by atoms with Crippen LogP contribution in [-0.4, -0.2) is 33.8 Å². The number of rotatable bonds is 2. The van der Waals surface area contributed by atoms with Crippen LogP contribution in [0.5, 0.6) is 0 Å². The van der Waals surface area contributed by atoms with Crippen molar-refractivity contribution in [1.82, 2.24) is 9.97 Å². The minimum atomic E-state index is -0.165. The highest BCUT2D eigenvalue weighted by atomic mass is 16.3. The molecule has 0 amide bonds. The normalized spacial score (nSPS) is 30.9. The molecule has 128 valence electrons. The lowest BCUT2D eigenvalue weighted by atomic mass is 9.76. The lowest BCUT2D eigenvalue weighted by Gasteiger charge is -2.40. The molecule has 1 aromatic heterocycles. The lowest BCUT2D eigenvalue weighted by molar-refractivity contribution is 0.0390. The average molecular weight is 325 g/mol. The molecule has 24 heavy (non-hydrogen) atoms. The number of aliphatic hydroxyl groups is 1. The summed E-state index contributed by atoms with van der Waals surface area (Å²) in [5, 5.41) is 11.8. The molecule has 2 aromatic rings. The van der Waals surface area contributed by atoms with Crippen molar-refractivity contribution in [1.29, 1.82) is 0 Å². The Bertz CT molecular complexity index is 732. The van der Waals surface area contributed by atoms with Crippen LogP contribution in [0.4, 0.5) is 5.82 Å². The third-order valence-corrected chi connectivity index (χ3v) is 5.96. The standard InChI is InChI=1S/C20H27N3O/c1-13-5-7-17-15(10-13)20(22-12-21-17)23-9-3-4-18(23)16-11-14(2)6-8-19(16)24/h5,7,10,12,14,16,18-19,24H,3-4,6,8-9,11H2,1-2H3/t14-,16-,18+,19-/m0/s1. The third-order valence-electron chi connectivity index (χ3n) is 5.96. The molecular weight excluding hydrogens is 298 g/mol. The first-order chi connectivity index (χ1) is 11.6. The maximum absolute atomic E-state index is 10.6. The molecular formula is C20H27N3O. The fourth-order valence-electron chi connectivity index (χ4n) is 4.71. The molecule has 0 spiro atoms. The Hall–Kier alpha value is -1.68. The Labute approximate surface area is 143 Å². The molecule has 1 aliphatic carbocycles. The number of anilines is 1. The van der Waals surface area contributed by atoms with Gasteiger partial charge in [-0.1, -0.05) is 18.6 Å². The number of aromatic nitrogens is 2. The largest absolute Gasteiger partial charge is 0.393 e. The Kier molecular flexibility index (Phi) is 4.17. The fraction of sp³-hybridized carbons (Fsp3) is 0.600. The van der Waals surface area contributed by atoms with Gasteiger partial charge in [0.1, 0.15) is 12.1 Å². The summed E-state index contributed by atoms with van der Waals surface area (Å²) >= 11 is 0. The van der Waals surface area contributed by atoms with Gasteiger partial charge in [-0.25, -0.2) is 9.97 Å². The Morgan fingerprint density at radius 1 is 1.17 bits per heavy atom. The van der Waals surface area contributed by atoms with Crippen molar-refractivity contribution in [2.75, 3.05) is 11.4 Å². The van der Waals surface area contributed by atoms with E-state index in [4.69, 9.17) is 0 Å². The summed E-state index contributed by atoms with van der Waals surface area (Å²) in [7, 11) is 0. The van der Waals surface area contributed by atoms with Gasteiger partial charge in [0, 0.05) is 23.9 Å². The van der Waals surface area contributed by atoms with Crippen molar-refractivity contribution in [2.24, 2.45) is 11.8 Å². The molecule has 1 saturated carbocycles. The SMILES string of the molecule is Cc1ccc2ncnc(N3CCC[C@@H]3[C@@H]3C[C@@H](C)CC[C@@H]3O)c2c1. The molecule has 1 aromatic carbocycles. The zero-order chi connectivity index (χ0) is 16.7. The number of hydrogen-bond donors (Lipinski definition) is 1. The first-order valence-electron chi connectivity index (χ1n) is 9.29. The first kappa shape index (κ1) is 15.8. The number of aryl methyl sites for hydroxylation is 1. The predicted molar refractivity (Wildman–Crippen MR) is 97.2 cm³/mol. The Balaban J connectivity index is 1.71. The minimum Gasteiger partial charge on any atom is -0.393 e. The number of aliphatic hydroxyl groups excluding tert-OH is 1. The van der Waals surface area contributed by atoms with Gasteiger partial charge in [-0.15, -0.1) is 0 Å². The number of nitrogens with zero attached hydrogens (tertiary/aromatic N) is 3. The predicted octanol–water partition coefficient (Wildman–Crippen LogP) is 3.70. The second-order valence-electron chi connectivity index (χ2n) is 7.77. The fourth-order valence-corrected chi connectivity index (χ4v) is 4.71. The lowest BCUT2D eigenvalue weighted by Crippen LogP contribution is -2.44. The van der Waals surface area contributed by atoms with Gasteiger partial charge in [-0.3, -0.25) is 0 Å². The molecule has 4 rings (SSSR count). The van der Waals surface area contributed by atoms with Crippen LogP contribution >= 0.6 is 0 Å². The highest BCUT2D eigenvalue weighted by Gasteiger charge is 2.39. The Morgan fingerprint density at radius 3 is 2.92 bits per heavy atom. The molecule has 0 radical (unpaired) electrons. The monoisotopic (exact) mass is 325 g/mol. The second-order valence-corrected chi connectivity index (χ2v) is 7.77. The number of fused-ring (bicyclic) bond motifs is 1. The van der Waals surface area contributed by atoms with E-state index in [2.05, 4.69) is 46.9 Å². The molecule has 0 bridgehead atoms. The van der Waals surface area contributed by atoms with E-state index in [0.29, 0.717) is 17.9 Å². The number of hydrogen-bond acceptors (Lipinski definition) is 4. The summed E-state index contributed by atoms with van der Waals surface area (Å²) in [4.78, 5) is 11.5. The highest BCUT2D eigenvalue weighted by Crippen LogP contribution is 2.39. The molecule has 1 saturated heterocycles. The van der Waals surface area contributed by atoms with Crippen LogP contribution in [0.2, 0.25) is 0 Å². The number of benzene rings is 1. The van der Waals surface area contributed by atoms with Crippen molar-refractivity contribution in [3.05, 3.63) is 30.1 Å². The van der Waals surface area contributed by atoms with E-state index in [-0.39, 0.29) is 6.10 Å². The van der Waals surface area contributed by atoms with Crippen LogP contribution in [0, 0.1) is 18.8 Å². The molecule has 1 aliphatic heterocycles. The molecule has 0 unspecified atom stereocenters. The molecule has 4 nitrogen and oxygen atoms in total. The maximum Gasteiger partial charge on any atom is 0.140 e. The summed E-state index contributed by atoms with van der Waals surface area (Å²) < 4.78 is 0. The summed E-state index contributed by atoms with van der Waals surface area (Å²) in [6.07, 6.45) is 7.08. The summed E-state index contributed by atoms with van der Waals surface area (Å²) in [6, 6.07) is 6.78. The topological polar surface area (TPSA) is 49.2 Å². The zero-order valence-electron chi connectivity index (χ0n) is 14.7. The average Bonchev–Trinajstić information content (AvgIpc) is 3.05. The smallest absolute Gasteiger partial charge is 0.140 e. The van der Waals surface area contributed by atoms with E-state index in [1.165, 1.54) is 12.0 Å². The molecule has 4 heteroatoms. The first-order valence-corrected chi connectivity index (χ1v) is 9.29. The van der Waals surface area contributed by atoms with Crippen LogP contribution in [-0.2, 0) is 0 Å². The molecule has 2 heterocycles. The van der Waals surface area contributed by atoms with Gasteiger partial charge in [-0.05, 0) is 57.1 Å². The van der Waals surface area contributed by atoms with Crippen LogP contribution in [0.25, 0.3) is 10.9 Å². The zero-order valence-corrected chi connectivity index (χ0v) is 14.7. The molecule has 1 N–H and O–H groups in total. The molecule has 4 atom stereocenters. The van der Waals surface area contributed by atoms with Crippen LogP contribution in [0.3, 0.4) is 0 Å². The minimum absolute atomic E-state index is 0.165. The van der Waals surface area contributed by atoms with Crippen molar-refractivity contribution >= 4 is 16.7 Å². The van der Waals surface area contributed by atoms with Gasteiger partial charge in [0.25, 0.3) is 0 Å². The van der Waals surface area contributed by atoms with Gasteiger partial charge < -0.3 is 10.0 Å². The van der Waals surface area contributed by atoms with E-state index in [1.54, 1.807) is 6.33 Å². The third kappa shape index (κ3) is 2.77. The van der Waals surface area contributed by atoms with Gasteiger partial charge in [0.15, 0.2) is 0 Å². The van der Waals surface area contributed by atoms with Crippen molar-refractivity contribution in [3.8, 4) is 0 Å². The van der Waals surface area contributed by atoms with Crippen LogP contribution in [0.15, 0.2) is 24.5 Å². The van der Waals surface area contributed by atoms with E-state index in [9.17, 15) is 5.11 Å². The van der Waals surface area contributed by atoms with Crippen molar-refractivity contribution in [2.45, 2.75) is 58.1 Å². The van der Waals surface area contributed by atoms with Gasteiger partial charge >= 0.3 is 0 Å². The quantitative estimate of drug-likeness (QED) is 0.914.